The Morgan fingerprint density at radius 1 is 1.31 bits per heavy atom. The van der Waals surface area contributed by atoms with Gasteiger partial charge in [-0.2, -0.15) is 0 Å². The molecule has 0 heterocycles. The number of rotatable bonds is 6. The summed E-state index contributed by atoms with van der Waals surface area (Å²) in [5.74, 6) is -1.30. The second-order valence-electron chi connectivity index (χ2n) is 4.13. The molecule has 0 rings (SSSR count). The van der Waals surface area contributed by atoms with Gasteiger partial charge < -0.3 is 10.0 Å². The molecule has 0 fully saturated rings. The maximum absolute atomic E-state index is 11.7. The molecule has 94 valence electrons. The molecule has 0 aliphatic rings. The van der Waals surface area contributed by atoms with Gasteiger partial charge in [0.1, 0.15) is 5.25 Å². The van der Waals surface area contributed by atoms with Crippen molar-refractivity contribution in [1.29, 1.82) is 0 Å². The van der Waals surface area contributed by atoms with E-state index in [0.29, 0.717) is 0 Å². The van der Waals surface area contributed by atoms with E-state index in [1.807, 2.05) is 0 Å². The van der Waals surface area contributed by atoms with E-state index in [4.69, 9.17) is 5.11 Å². The van der Waals surface area contributed by atoms with Crippen LogP contribution in [-0.4, -0.2) is 51.2 Å². The number of aliphatic carboxylic acids is 1. The number of nitrogens with zero attached hydrogens (tertiary/aromatic N) is 1. The molecule has 2 atom stereocenters. The molecule has 2 unspecified atom stereocenters. The van der Waals surface area contributed by atoms with Gasteiger partial charge in [-0.3, -0.25) is 13.8 Å². The lowest BCUT2D eigenvalue weighted by Gasteiger charge is -2.16. The molecule has 0 saturated heterocycles. The van der Waals surface area contributed by atoms with Gasteiger partial charge in [0.25, 0.3) is 0 Å². The number of carbonyl (C=O) groups is 2. The highest BCUT2D eigenvalue weighted by Crippen LogP contribution is 2.11. The Balaban J connectivity index is 4.34. The van der Waals surface area contributed by atoms with Crippen molar-refractivity contribution in [3.63, 3.8) is 0 Å². The van der Waals surface area contributed by atoms with Gasteiger partial charge in [-0.25, -0.2) is 0 Å². The Bertz CT molecular complexity index is 289. The Morgan fingerprint density at radius 3 is 2.12 bits per heavy atom. The summed E-state index contributed by atoms with van der Waals surface area (Å²) in [4.78, 5) is 23.5. The monoisotopic (exact) mass is 249 g/mol. The van der Waals surface area contributed by atoms with Crippen LogP contribution in [0.15, 0.2) is 0 Å². The second-order valence-corrected chi connectivity index (χ2v) is 5.80. The smallest absolute Gasteiger partial charge is 0.319 e. The van der Waals surface area contributed by atoms with Crippen LogP contribution < -0.4 is 0 Å². The third-order valence-electron chi connectivity index (χ3n) is 2.15. The van der Waals surface area contributed by atoms with E-state index in [1.54, 1.807) is 27.9 Å². The first-order chi connectivity index (χ1) is 7.27. The van der Waals surface area contributed by atoms with Gasteiger partial charge in [0.05, 0.1) is 0 Å². The number of carboxylic acids is 1. The molecule has 1 N–H and O–H groups in total. The number of hydrogen-bond donors (Lipinski definition) is 1. The number of hydrogen-bond acceptors (Lipinski definition) is 3. The van der Waals surface area contributed by atoms with Crippen LogP contribution in [0.5, 0.6) is 0 Å². The molecular formula is C10H19NO4S. The lowest BCUT2D eigenvalue weighted by Crippen LogP contribution is -2.33. The minimum Gasteiger partial charge on any atom is -0.480 e. The zero-order valence-electron chi connectivity index (χ0n) is 10.1. The minimum atomic E-state index is -1.50. The fourth-order valence-electron chi connectivity index (χ4n) is 1.24. The second kappa shape index (κ2) is 6.62. The van der Waals surface area contributed by atoms with Gasteiger partial charge in [-0.15, -0.1) is 0 Å². The summed E-state index contributed by atoms with van der Waals surface area (Å²) in [6.07, 6.45) is 0.121. The van der Waals surface area contributed by atoms with Gasteiger partial charge in [0.2, 0.25) is 5.91 Å². The minimum absolute atomic E-state index is 0.103. The SMILES string of the molecule is CC(C)C(C(=O)O)S(=O)CCC(=O)N(C)C. The number of carbonyl (C=O) groups excluding carboxylic acids is 1. The highest BCUT2D eigenvalue weighted by atomic mass is 32.2. The fraction of sp³-hybridized carbons (Fsp3) is 0.800. The predicted octanol–water partition coefficient (Wildman–Crippen LogP) is 0.323. The maximum Gasteiger partial charge on any atom is 0.319 e. The first-order valence-corrected chi connectivity index (χ1v) is 6.45. The van der Waals surface area contributed by atoms with Crippen LogP contribution in [0.4, 0.5) is 0 Å². The summed E-state index contributed by atoms with van der Waals surface area (Å²) in [6, 6.07) is 0. The molecule has 6 heteroatoms. The third kappa shape index (κ3) is 4.74. The Hall–Kier alpha value is -0.910. The van der Waals surface area contributed by atoms with Crippen molar-refractivity contribution < 1.29 is 18.9 Å². The maximum atomic E-state index is 11.7. The summed E-state index contributed by atoms with van der Waals surface area (Å²) >= 11 is 0. The van der Waals surface area contributed by atoms with E-state index >= 15 is 0 Å². The van der Waals surface area contributed by atoms with Crippen LogP contribution in [-0.2, 0) is 20.4 Å². The average Bonchev–Trinajstić information content (AvgIpc) is 2.12. The molecule has 5 nitrogen and oxygen atoms in total. The topological polar surface area (TPSA) is 74.7 Å². The molecule has 0 spiro atoms. The van der Waals surface area contributed by atoms with Gasteiger partial charge in [-0.1, -0.05) is 13.8 Å². The van der Waals surface area contributed by atoms with Crippen molar-refractivity contribution >= 4 is 22.7 Å². The van der Waals surface area contributed by atoms with Crippen LogP contribution in [0.25, 0.3) is 0 Å². The molecule has 0 bridgehead atoms. The lowest BCUT2D eigenvalue weighted by atomic mass is 10.1. The van der Waals surface area contributed by atoms with E-state index in [9.17, 15) is 13.8 Å². The summed E-state index contributed by atoms with van der Waals surface area (Å²) < 4.78 is 11.7. The molecule has 0 radical (unpaired) electrons. The third-order valence-corrected chi connectivity index (χ3v) is 4.07. The first kappa shape index (κ1) is 15.1. The quantitative estimate of drug-likeness (QED) is 0.735. The lowest BCUT2D eigenvalue weighted by molar-refractivity contribution is -0.137. The van der Waals surface area contributed by atoms with E-state index in [2.05, 4.69) is 0 Å². The highest BCUT2D eigenvalue weighted by molar-refractivity contribution is 7.86. The molecule has 0 aromatic carbocycles. The standard InChI is InChI=1S/C10H19NO4S/c1-7(2)9(10(13)14)16(15)6-5-8(12)11(3)4/h7,9H,5-6H2,1-4H3,(H,13,14). The largest absolute Gasteiger partial charge is 0.480 e. The molecule has 0 aromatic rings. The molecule has 16 heavy (non-hydrogen) atoms. The first-order valence-electron chi connectivity index (χ1n) is 5.07. The number of carboxylic acid groups (broad SMARTS) is 1. The zero-order chi connectivity index (χ0) is 12.9. The summed E-state index contributed by atoms with van der Waals surface area (Å²) in [5.41, 5.74) is 0. The van der Waals surface area contributed by atoms with E-state index < -0.39 is 22.0 Å². The van der Waals surface area contributed by atoms with Crippen molar-refractivity contribution in [1.82, 2.24) is 4.90 Å². The summed E-state index contributed by atoms with van der Waals surface area (Å²) in [5, 5.41) is 8.01. The zero-order valence-corrected chi connectivity index (χ0v) is 10.9. The van der Waals surface area contributed by atoms with Crippen molar-refractivity contribution in [3.05, 3.63) is 0 Å². The van der Waals surface area contributed by atoms with Crippen LogP contribution >= 0.6 is 0 Å². The summed E-state index contributed by atoms with van der Waals surface area (Å²) in [7, 11) is 1.72. The Labute approximate surface area is 98.3 Å². The van der Waals surface area contributed by atoms with E-state index in [-0.39, 0.29) is 24.0 Å². The Kier molecular flexibility index (Phi) is 6.25. The van der Waals surface area contributed by atoms with Crippen molar-refractivity contribution in [2.24, 2.45) is 5.92 Å². The van der Waals surface area contributed by atoms with Gasteiger partial charge in [0, 0.05) is 37.1 Å². The van der Waals surface area contributed by atoms with Crippen molar-refractivity contribution in [2.45, 2.75) is 25.5 Å². The molecule has 0 aliphatic carbocycles. The molecule has 0 saturated carbocycles. The van der Waals surface area contributed by atoms with Gasteiger partial charge in [0.15, 0.2) is 0 Å². The van der Waals surface area contributed by atoms with Gasteiger partial charge >= 0.3 is 5.97 Å². The van der Waals surface area contributed by atoms with Crippen LogP contribution in [0.3, 0.4) is 0 Å². The van der Waals surface area contributed by atoms with Crippen molar-refractivity contribution in [3.8, 4) is 0 Å². The van der Waals surface area contributed by atoms with E-state index in [0.717, 1.165) is 0 Å². The van der Waals surface area contributed by atoms with Gasteiger partial charge in [-0.05, 0) is 5.92 Å². The van der Waals surface area contributed by atoms with Crippen LogP contribution in [0.1, 0.15) is 20.3 Å². The molecule has 1 amide bonds. The Morgan fingerprint density at radius 2 is 1.81 bits per heavy atom. The number of amides is 1. The van der Waals surface area contributed by atoms with Crippen LogP contribution in [0, 0.1) is 5.92 Å². The highest BCUT2D eigenvalue weighted by Gasteiger charge is 2.28. The van der Waals surface area contributed by atoms with Crippen LogP contribution in [0.2, 0.25) is 0 Å². The normalized spacial score (nSPS) is 14.6. The predicted molar refractivity (Wildman–Crippen MR) is 62.6 cm³/mol. The average molecular weight is 249 g/mol. The molecule has 0 aromatic heterocycles. The van der Waals surface area contributed by atoms with E-state index in [1.165, 1.54) is 4.90 Å². The molecular weight excluding hydrogens is 230 g/mol. The molecule has 0 aliphatic heterocycles. The fourth-order valence-corrected chi connectivity index (χ4v) is 2.70. The summed E-state index contributed by atoms with van der Waals surface area (Å²) in [6.45, 7) is 3.43. The van der Waals surface area contributed by atoms with Crippen molar-refractivity contribution in [2.75, 3.05) is 19.8 Å².